The van der Waals surface area contributed by atoms with Crippen LogP contribution in [0.3, 0.4) is 0 Å². The van der Waals surface area contributed by atoms with Gasteiger partial charge in [-0.25, -0.2) is 0 Å². The maximum absolute atomic E-state index is 10.3. The number of nitrogens with zero attached hydrogens (tertiary/aromatic N) is 1. The largest absolute Gasteiger partial charge is 0.457 e. The second-order valence-corrected chi connectivity index (χ2v) is 5.32. The molecule has 22 heavy (non-hydrogen) atoms. The Morgan fingerprint density at radius 3 is 2.09 bits per heavy atom. The first-order chi connectivity index (χ1) is 10.7. The molecule has 3 heteroatoms. The second kappa shape index (κ2) is 8.57. The monoisotopic (exact) mass is 299 g/mol. The van der Waals surface area contributed by atoms with E-state index in [-0.39, 0.29) is 0 Å². The number of rotatable bonds is 8. The van der Waals surface area contributed by atoms with Crippen molar-refractivity contribution >= 4 is 0 Å². The van der Waals surface area contributed by atoms with E-state index in [4.69, 9.17) is 4.74 Å². The van der Waals surface area contributed by atoms with E-state index >= 15 is 0 Å². The third-order valence-electron chi connectivity index (χ3n) is 3.86. The van der Waals surface area contributed by atoms with Crippen molar-refractivity contribution < 1.29 is 9.84 Å². The van der Waals surface area contributed by atoms with Gasteiger partial charge in [0.15, 0.2) is 0 Å². The summed E-state index contributed by atoms with van der Waals surface area (Å²) in [4.78, 5) is 2.32. The standard InChI is InChI=1S/C19H25NO2/c1-3-20(4-2)15-14-19(21)16-10-12-18(13-11-16)22-17-8-6-5-7-9-17/h5-13,19,21H,3-4,14-15H2,1-2H3. The molecule has 0 aliphatic carbocycles. The molecular weight excluding hydrogens is 274 g/mol. The van der Waals surface area contributed by atoms with Crippen LogP contribution >= 0.6 is 0 Å². The van der Waals surface area contributed by atoms with Crippen LogP contribution in [0.15, 0.2) is 54.6 Å². The molecule has 0 fully saturated rings. The van der Waals surface area contributed by atoms with E-state index in [1.807, 2.05) is 54.6 Å². The third-order valence-corrected chi connectivity index (χ3v) is 3.86. The fraction of sp³-hybridized carbons (Fsp3) is 0.368. The molecule has 1 atom stereocenters. The molecule has 0 aliphatic heterocycles. The highest BCUT2D eigenvalue weighted by atomic mass is 16.5. The lowest BCUT2D eigenvalue weighted by molar-refractivity contribution is 0.145. The van der Waals surface area contributed by atoms with E-state index in [1.165, 1.54) is 0 Å². The van der Waals surface area contributed by atoms with Gasteiger partial charge in [0.1, 0.15) is 11.5 Å². The molecule has 0 aromatic heterocycles. The summed E-state index contributed by atoms with van der Waals surface area (Å²) in [5, 5.41) is 10.3. The Kier molecular flexibility index (Phi) is 6.44. The van der Waals surface area contributed by atoms with Gasteiger partial charge in [0.25, 0.3) is 0 Å². The fourth-order valence-corrected chi connectivity index (χ4v) is 2.39. The fourth-order valence-electron chi connectivity index (χ4n) is 2.39. The summed E-state index contributed by atoms with van der Waals surface area (Å²) in [6.07, 6.45) is 0.326. The van der Waals surface area contributed by atoms with E-state index in [2.05, 4.69) is 18.7 Å². The maximum atomic E-state index is 10.3. The number of hydrogen-bond acceptors (Lipinski definition) is 3. The topological polar surface area (TPSA) is 32.7 Å². The third kappa shape index (κ3) is 4.86. The van der Waals surface area contributed by atoms with E-state index < -0.39 is 6.10 Å². The predicted octanol–water partition coefficient (Wildman–Crippen LogP) is 4.24. The molecule has 2 aromatic rings. The number of benzene rings is 2. The molecule has 0 saturated heterocycles. The summed E-state index contributed by atoms with van der Waals surface area (Å²) < 4.78 is 5.76. The highest BCUT2D eigenvalue weighted by molar-refractivity contribution is 5.33. The van der Waals surface area contributed by atoms with Crippen LogP contribution in [-0.4, -0.2) is 29.6 Å². The molecule has 0 spiro atoms. The van der Waals surface area contributed by atoms with Crippen LogP contribution in [0.4, 0.5) is 0 Å². The average molecular weight is 299 g/mol. The van der Waals surface area contributed by atoms with E-state index in [0.29, 0.717) is 0 Å². The van der Waals surface area contributed by atoms with Gasteiger partial charge in [-0.15, -0.1) is 0 Å². The van der Waals surface area contributed by atoms with Crippen LogP contribution in [0.5, 0.6) is 11.5 Å². The minimum atomic E-state index is -0.425. The molecule has 1 N–H and O–H groups in total. The molecule has 0 amide bonds. The Balaban J connectivity index is 1.90. The quantitative estimate of drug-likeness (QED) is 0.791. The van der Waals surface area contributed by atoms with Gasteiger partial charge in [-0.05, 0) is 49.3 Å². The van der Waals surface area contributed by atoms with Gasteiger partial charge in [0.05, 0.1) is 6.10 Å². The van der Waals surface area contributed by atoms with Crippen molar-refractivity contribution in [3.05, 3.63) is 60.2 Å². The first-order valence-corrected chi connectivity index (χ1v) is 7.96. The minimum absolute atomic E-state index is 0.425. The molecular formula is C19H25NO2. The van der Waals surface area contributed by atoms with Crippen molar-refractivity contribution in [2.45, 2.75) is 26.4 Å². The highest BCUT2D eigenvalue weighted by Gasteiger charge is 2.09. The Morgan fingerprint density at radius 1 is 0.909 bits per heavy atom. The van der Waals surface area contributed by atoms with Crippen LogP contribution in [0.1, 0.15) is 31.9 Å². The summed E-state index contributed by atoms with van der Waals surface area (Å²) in [5.41, 5.74) is 0.938. The van der Waals surface area contributed by atoms with Gasteiger partial charge in [-0.1, -0.05) is 44.2 Å². The van der Waals surface area contributed by atoms with Crippen LogP contribution in [-0.2, 0) is 0 Å². The summed E-state index contributed by atoms with van der Waals surface area (Å²) in [6, 6.07) is 17.4. The molecule has 0 radical (unpaired) electrons. The van der Waals surface area contributed by atoms with Crippen molar-refractivity contribution in [2.75, 3.05) is 19.6 Å². The Morgan fingerprint density at radius 2 is 1.50 bits per heavy atom. The van der Waals surface area contributed by atoms with Crippen LogP contribution in [0.2, 0.25) is 0 Å². The summed E-state index contributed by atoms with van der Waals surface area (Å²) >= 11 is 0. The molecule has 118 valence electrons. The molecule has 2 aromatic carbocycles. The zero-order chi connectivity index (χ0) is 15.8. The zero-order valence-electron chi connectivity index (χ0n) is 13.4. The van der Waals surface area contributed by atoms with E-state index in [9.17, 15) is 5.11 Å². The molecule has 0 aliphatic rings. The van der Waals surface area contributed by atoms with E-state index in [0.717, 1.165) is 43.1 Å². The molecule has 2 rings (SSSR count). The Hall–Kier alpha value is -1.84. The van der Waals surface area contributed by atoms with Crippen molar-refractivity contribution in [2.24, 2.45) is 0 Å². The van der Waals surface area contributed by atoms with Crippen molar-refractivity contribution in [3.63, 3.8) is 0 Å². The lowest BCUT2D eigenvalue weighted by atomic mass is 10.1. The van der Waals surface area contributed by atoms with E-state index in [1.54, 1.807) is 0 Å². The number of aliphatic hydroxyl groups is 1. The van der Waals surface area contributed by atoms with Crippen molar-refractivity contribution in [1.82, 2.24) is 4.90 Å². The van der Waals surface area contributed by atoms with Crippen molar-refractivity contribution in [1.29, 1.82) is 0 Å². The number of hydrogen-bond donors (Lipinski definition) is 1. The Labute approximate surface area is 133 Å². The van der Waals surface area contributed by atoms with Gasteiger partial charge in [0.2, 0.25) is 0 Å². The van der Waals surface area contributed by atoms with Crippen LogP contribution in [0, 0.1) is 0 Å². The van der Waals surface area contributed by atoms with Gasteiger partial charge in [0, 0.05) is 6.54 Å². The lowest BCUT2D eigenvalue weighted by Gasteiger charge is -2.20. The van der Waals surface area contributed by atoms with Gasteiger partial charge in [-0.2, -0.15) is 0 Å². The van der Waals surface area contributed by atoms with Crippen LogP contribution in [0.25, 0.3) is 0 Å². The normalized spacial score (nSPS) is 12.4. The van der Waals surface area contributed by atoms with Gasteiger partial charge >= 0.3 is 0 Å². The number of para-hydroxylation sites is 1. The number of aliphatic hydroxyl groups excluding tert-OH is 1. The molecule has 0 saturated carbocycles. The SMILES string of the molecule is CCN(CC)CCC(O)c1ccc(Oc2ccccc2)cc1. The summed E-state index contributed by atoms with van der Waals surface area (Å²) in [6.45, 7) is 7.24. The number of ether oxygens (including phenoxy) is 1. The summed E-state index contributed by atoms with van der Waals surface area (Å²) in [7, 11) is 0. The predicted molar refractivity (Wildman–Crippen MR) is 90.3 cm³/mol. The Bertz CT molecular complexity index is 535. The molecule has 0 bridgehead atoms. The molecule has 3 nitrogen and oxygen atoms in total. The zero-order valence-corrected chi connectivity index (χ0v) is 13.4. The van der Waals surface area contributed by atoms with Crippen LogP contribution < -0.4 is 4.74 Å². The van der Waals surface area contributed by atoms with Gasteiger partial charge in [-0.3, -0.25) is 0 Å². The maximum Gasteiger partial charge on any atom is 0.127 e. The highest BCUT2D eigenvalue weighted by Crippen LogP contribution is 2.24. The smallest absolute Gasteiger partial charge is 0.127 e. The minimum Gasteiger partial charge on any atom is -0.457 e. The van der Waals surface area contributed by atoms with Crippen molar-refractivity contribution in [3.8, 4) is 11.5 Å². The summed E-state index contributed by atoms with van der Waals surface area (Å²) in [5.74, 6) is 1.60. The lowest BCUT2D eigenvalue weighted by Crippen LogP contribution is -2.25. The molecule has 0 heterocycles. The molecule has 1 unspecified atom stereocenters. The average Bonchev–Trinajstić information content (AvgIpc) is 2.57. The van der Waals surface area contributed by atoms with Gasteiger partial charge < -0.3 is 14.7 Å². The first kappa shape index (κ1) is 16.5. The second-order valence-electron chi connectivity index (χ2n) is 5.32. The first-order valence-electron chi connectivity index (χ1n) is 7.96.